The summed E-state index contributed by atoms with van der Waals surface area (Å²) in [5.41, 5.74) is 1.19. The van der Waals surface area contributed by atoms with E-state index >= 15 is 0 Å². The zero-order chi connectivity index (χ0) is 15.8. The molecule has 0 spiro atoms. The van der Waals surface area contributed by atoms with Gasteiger partial charge in [0.05, 0.1) is 12.5 Å². The first-order valence-electron chi connectivity index (χ1n) is 7.64. The van der Waals surface area contributed by atoms with Crippen LogP contribution in [0, 0.1) is 0 Å². The summed E-state index contributed by atoms with van der Waals surface area (Å²) < 4.78 is 0. The highest BCUT2D eigenvalue weighted by Crippen LogP contribution is 2.05. The standard InChI is InChI=1S/C17H23N3O2.ClH/c1-2-11-20-12-10-18-15(17(20)22)13-16(21)19-9-8-14-6-4-3-5-7-14;/h2-7,15,18H,1,8-13H2,(H,19,21);1H. The number of benzene rings is 1. The Hall–Kier alpha value is -1.85. The molecule has 126 valence electrons. The van der Waals surface area contributed by atoms with Crippen molar-refractivity contribution in [2.24, 2.45) is 0 Å². The van der Waals surface area contributed by atoms with Crippen molar-refractivity contribution in [3.05, 3.63) is 48.6 Å². The monoisotopic (exact) mass is 337 g/mol. The largest absolute Gasteiger partial charge is 0.356 e. The van der Waals surface area contributed by atoms with Gasteiger partial charge in [-0.25, -0.2) is 0 Å². The second-order valence-electron chi connectivity index (χ2n) is 5.37. The zero-order valence-electron chi connectivity index (χ0n) is 13.2. The van der Waals surface area contributed by atoms with Crippen molar-refractivity contribution in [3.63, 3.8) is 0 Å². The molecule has 1 fully saturated rings. The van der Waals surface area contributed by atoms with Gasteiger partial charge in [0, 0.05) is 26.2 Å². The predicted molar refractivity (Wildman–Crippen MR) is 93.6 cm³/mol. The topological polar surface area (TPSA) is 61.4 Å². The molecule has 2 rings (SSSR count). The number of piperazine rings is 1. The van der Waals surface area contributed by atoms with Gasteiger partial charge in [-0.05, 0) is 12.0 Å². The molecule has 23 heavy (non-hydrogen) atoms. The molecule has 6 heteroatoms. The first-order valence-corrected chi connectivity index (χ1v) is 7.64. The molecule has 2 amide bonds. The lowest BCUT2D eigenvalue weighted by atomic mass is 10.1. The number of carbonyl (C=O) groups is 2. The highest BCUT2D eigenvalue weighted by molar-refractivity contribution is 5.89. The van der Waals surface area contributed by atoms with Crippen molar-refractivity contribution >= 4 is 24.2 Å². The average molecular weight is 338 g/mol. The second kappa shape index (κ2) is 10.0. The van der Waals surface area contributed by atoms with E-state index in [2.05, 4.69) is 17.2 Å². The smallest absolute Gasteiger partial charge is 0.240 e. The Kier molecular flexibility index (Phi) is 8.37. The van der Waals surface area contributed by atoms with Crippen LogP contribution in [0.4, 0.5) is 0 Å². The number of nitrogens with one attached hydrogen (secondary N) is 2. The van der Waals surface area contributed by atoms with E-state index in [4.69, 9.17) is 0 Å². The summed E-state index contributed by atoms with van der Waals surface area (Å²) in [7, 11) is 0. The second-order valence-corrected chi connectivity index (χ2v) is 5.37. The van der Waals surface area contributed by atoms with Crippen molar-refractivity contribution in [1.82, 2.24) is 15.5 Å². The highest BCUT2D eigenvalue weighted by Gasteiger charge is 2.29. The molecule has 0 saturated carbocycles. The molecule has 1 aliphatic heterocycles. The molecule has 0 bridgehead atoms. The third-order valence-electron chi connectivity index (χ3n) is 3.70. The lowest BCUT2D eigenvalue weighted by Crippen LogP contribution is -2.56. The average Bonchev–Trinajstić information content (AvgIpc) is 2.52. The molecular weight excluding hydrogens is 314 g/mol. The Morgan fingerprint density at radius 1 is 1.39 bits per heavy atom. The van der Waals surface area contributed by atoms with E-state index in [0.717, 1.165) is 6.42 Å². The predicted octanol–water partition coefficient (Wildman–Crippen LogP) is 1.14. The number of hydrogen-bond donors (Lipinski definition) is 2. The fourth-order valence-corrected chi connectivity index (χ4v) is 2.54. The molecule has 5 nitrogen and oxygen atoms in total. The van der Waals surface area contributed by atoms with Gasteiger partial charge in [0.25, 0.3) is 0 Å². The van der Waals surface area contributed by atoms with Crippen LogP contribution >= 0.6 is 12.4 Å². The zero-order valence-corrected chi connectivity index (χ0v) is 14.0. The van der Waals surface area contributed by atoms with Gasteiger partial charge in [-0.15, -0.1) is 19.0 Å². The molecule has 1 heterocycles. The van der Waals surface area contributed by atoms with Crippen LogP contribution in [0.25, 0.3) is 0 Å². The van der Waals surface area contributed by atoms with Crippen LogP contribution in [0.1, 0.15) is 12.0 Å². The molecule has 2 N–H and O–H groups in total. The van der Waals surface area contributed by atoms with Gasteiger partial charge in [0.1, 0.15) is 0 Å². The van der Waals surface area contributed by atoms with Crippen LogP contribution in [0.2, 0.25) is 0 Å². The number of nitrogens with zero attached hydrogens (tertiary/aromatic N) is 1. The van der Waals surface area contributed by atoms with Crippen LogP contribution < -0.4 is 10.6 Å². The third-order valence-corrected chi connectivity index (χ3v) is 3.70. The summed E-state index contributed by atoms with van der Waals surface area (Å²) in [6, 6.07) is 9.57. The summed E-state index contributed by atoms with van der Waals surface area (Å²) in [4.78, 5) is 25.9. The maximum absolute atomic E-state index is 12.2. The molecule has 1 saturated heterocycles. The summed E-state index contributed by atoms with van der Waals surface area (Å²) in [5, 5.41) is 5.99. The quantitative estimate of drug-likeness (QED) is 0.734. The maximum atomic E-state index is 12.2. The molecule has 1 atom stereocenters. The van der Waals surface area contributed by atoms with E-state index in [0.29, 0.717) is 26.2 Å². The minimum Gasteiger partial charge on any atom is -0.356 e. The van der Waals surface area contributed by atoms with Gasteiger partial charge >= 0.3 is 0 Å². The van der Waals surface area contributed by atoms with E-state index in [1.165, 1.54) is 5.56 Å². The number of halogens is 1. The Balaban J connectivity index is 0.00000264. The van der Waals surface area contributed by atoms with Gasteiger partial charge in [0.15, 0.2) is 0 Å². The third kappa shape index (κ3) is 6.04. The van der Waals surface area contributed by atoms with Crippen molar-refractivity contribution in [2.75, 3.05) is 26.2 Å². The molecule has 1 aliphatic rings. The van der Waals surface area contributed by atoms with Crippen LogP contribution in [-0.2, 0) is 16.0 Å². The fraction of sp³-hybridized carbons (Fsp3) is 0.412. The highest BCUT2D eigenvalue weighted by atomic mass is 35.5. The lowest BCUT2D eigenvalue weighted by Gasteiger charge is -2.32. The minimum absolute atomic E-state index is 0. The Labute approximate surface area is 143 Å². The number of hydrogen-bond acceptors (Lipinski definition) is 3. The number of rotatable bonds is 7. The molecule has 1 unspecified atom stereocenters. The van der Waals surface area contributed by atoms with E-state index in [-0.39, 0.29) is 30.6 Å². The van der Waals surface area contributed by atoms with Crippen LogP contribution in [0.3, 0.4) is 0 Å². The summed E-state index contributed by atoms with van der Waals surface area (Å²) >= 11 is 0. The summed E-state index contributed by atoms with van der Waals surface area (Å²) in [6.45, 7) is 6.14. The maximum Gasteiger partial charge on any atom is 0.240 e. The molecule has 1 aromatic carbocycles. The minimum atomic E-state index is -0.426. The Bertz CT molecular complexity index is 522. The lowest BCUT2D eigenvalue weighted by molar-refractivity contribution is -0.137. The first kappa shape index (κ1) is 19.2. The van der Waals surface area contributed by atoms with Gasteiger partial charge in [-0.1, -0.05) is 36.4 Å². The van der Waals surface area contributed by atoms with Crippen molar-refractivity contribution < 1.29 is 9.59 Å². The number of amides is 2. The first-order chi connectivity index (χ1) is 10.7. The van der Waals surface area contributed by atoms with Crippen molar-refractivity contribution in [1.29, 1.82) is 0 Å². The van der Waals surface area contributed by atoms with Crippen molar-refractivity contribution in [3.8, 4) is 0 Å². The van der Waals surface area contributed by atoms with E-state index < -0.39 is 6.04 Å². The van der Waals surface area contributed by atoms with Crippen molar-refractivity contribution in [2.45, 2.75) is 18.9 Å². The molecule has 1 aromatic rings. The fourth-order valence-electron chi connectivity index (χ4n) is 2.54. The van der Waals surface area contributed by atoms with Gasteiger partial charge < -0.3 is 15.5 Å². The summed E-state index contributed by atoms with van der Waals surface area (Å²) in [5.74, 6) is -0.119. The van der Waals surface area contributed by atoms with Gasteiger partial charge in [-0.2, -0.15) is 0 Å². The van der Waals surface area contributed by atoms with E-state index in [1.54, 1.807) is 11.0 Å². The Morgan fingerprint density at radius 2 is 2.13 bits per heavy atom. The van der Waals surface area contributed by atoms with Crippen LogP contribution in [0.5, 0.6) is 0 Å². The van der Waals surface area contributed by atoms with Gasteiger partial charge in [0.2, 0.25) is 11.8 Å². The molecule has 0 aromatic heterocycles. The molecular formula is C17H24ClN3O2. The van der Waals surface area contributed by atoms with Crippen LogP contribution in [-0.4, -0.2) is 48.9 Å². The van der Waals surface area contributed by atoms with E-state index in [9.17, 15) is 9.59 Å². The Morgan fingerprint density at radius 3 is 2.83 bits per heavy atom. The normalized spacial score (nSPS) is 17.3. The molecule has 0 aliphatic carbocycles. The van der Waals surface area contributed by atoms with Gasteiger partial charge in [-0.3, -0.25) is 9.59 Å². The van der Waals surface area contributed by atoms with Crippen LogP contribution in [0.15, 0.2) is 43.0 Å². The molecule has 0 radical (unpaired) electrons. The SMILES string of the molecule is C=CCN1CCNC(CC(=O)NCCc2ccccc2)C1=O.Cl. The number of carbonyl (C=O) groups excluding carboxylic acids is 2. The summed E-state index contributed by atoms with van der Waals surface area (Å²) in [6.07, 6.45) is 2.68. The van der Waals surface area contributed by atoms with E-state index in [1.807, 2.05) is 30.3 Å².